The Morgan fingerprint density at radius 3 is 2.09 bits per heavy atom. The van der Waals surface area contributed by atoms with Crippen LogP contribution in [-0.2, 0) is 14.3 Å². The molecule has 0 spiro atoms. The smallest absolute Gasteiger partial charge is 0.325 e. The van der Waals surface area contributed by atoms with Crippen molar-refractivity contribution in [2.45, 2.75) is 13.8 Å². The van der Waals surface area contributed by atoms with Gasteiger partial charge in [0.05, 0.1) is 20.3 Å². The van der Waals surface area contributed by atoms with Gasteiger partial charge in [0.15, 0.2) is 18.1 Å². The predicted molar refractivity (Wildman–Crippen MR) is 121 cm³/mol. The summed E-state index contributed by atoms with van der Waals surface area (Å²) >= 11 is 0. The molecule has 0 radical (unpaired) electrons. The summed E-state index contributed by atoms with van der Waals surface area (Å²) in [6.07, 6.45) is 0. The van der Waals surface area contributed by atoms with Gasteiger partial charge in [0.2, 0.25) is 0 Å². The largest absolute Gasteiger partial charge is 0.497 e. The van der Waals surface area contributed by atoms with Gasteiger partial charge in [-0.1, -0.05) is 0 Å². The molecule has 11 nitrogen and oxygen atoms in total. The molecule has 0 bridgehead atoms. The summed E-state index contributed by atoms with van der Waals surface area (Å²) in [5.41, 5.74) is 4.88. The highest BCUT2D eigenvalue weighted by Gasteiger charge is 2.14. The van der Waals surface area contributed by atoms with Crippen LogP contribution in [0.25, 0.3) is 0 Å². The van der Waals surface area contributed by atoms with Gasteiger partial charge >= 0.3 is 5.97 Å². The van der Waals surface area contributed by atoms with Gasteiger partial charge in [-0.25, -0.2) is 0 Å². The highest BCUT2D eigenvalue weighted by molar-refractivity contribution is 5.97. The summed E-state index contributed by atoms with van der Waals surface area (Å²) in [4.78, 5) is 47.9. The number of amides is 3. The average Bonchev–Trinajstić information content (AvgIpc) is 2.85. The fraction of sp³-hybridized carbons (Fsp3) is 0.304. The molecule has 0 aliphatic carbocycles. The first-order valence-corrected chi connectivity index (χ1v) is 10.4. The lowest BCUT2D eigenvalue weighted by Crippen LogP contribution is -2.44. The van der Waals surface area contributed by atoms with E-state index in [9.17, 15) is 19.2 Å². The van der Waals surface area contributed by atoms with Gasteiger partial charge < -0.3 is 24.3 Å². The minimum absolute atomic E-state index is 0.263. The lowest BCUT2D eigenvalue weighted by molar-refractivity contribution is -0.147. The van der Waals surface area contributed by atoms with E-state index in [0.29, 0.717) is 36.0 Å². The van der Waals surface area contributed by atoms with E-state index in [4.69, 9.17) is 18.9 Å². The monoisotopic (exact) mass is 473 g/mol. The van der Waals surface area contributed by atoms with Crippen molar-refractivity contribution in [3.63, 3.8) is 0 Å². The summed E-state index contributed by atoms with van der Waals surface area (Å²) in [5.74, 6) is -1.18. The molecule has 2 aromatic rings. The van der Waals surface area contributed by atoms with Gasteiger partial charge in [0.25, 0.3) is 17.7 Å². The van der Waals surface area contributed by atoms with Crippen molar-refractivity contribution in [2.24, 2.45) is 0 Å². The molecule has 34 heavy (non-hydrogen) atoms. The van der Waals surface area contributed by atoms with E-state index in [1.807, 2.05) is 6.92 Å². The Labute approximate surface area is 196 Å². The van der Waals surface area contributed by atoms with E-state index in [-0.39, 0.29) is 5.56 Å². The van der Waals surface area contributed by atoms with Gasteiger partial charge in [-0.05, 0) is 56.3 Å². The molecule has 0 saturated carbocycles. The SMILES string of the molecule is CCOc1ccc(C(=O)NCC(=O)OCC(=O)NNC(=O)c2ccc(OC)cc2)cc1OCC. The lowest BCUT2D eigenvalue weighted by atomic mass is 10.2. The van der Waals surface area contributed by atoms with E-state index in [2.05, 4.69) is 16.2 Å². The number of methoxy groups -OCH3 is 1. The first-order chi connectivity index (χ1) is 16.4. The summed E-state index contributed by atoms with van der Waals surface area (Å²) in [6, 6.07) is 10.9. The van der Waals surface area contributed by atoms with Gasteiger partial charge in [-0.2, -0.15) is 0 Å². The molecule has 182 valence electrons. The summed E-state index contributed by atoms with van der Waals surface area (Å²) < 4.78 is 20.7. The fourth-order valence-electron chi connectivity index (χ4n) is 2.62. The fourth-order valence-corrected chi connectivity index (χ4v) is 2.62. The standard InChI is InChI=1S/C23H27N3O8/c1-4-32-18-11-8-16(12-19(18)33-5-2)22(29)24-13-21(28)34-14-20(27)25-26-23(30)15-6-9-17(31-3)10-7-15/h6-12H,4-5,13-14H2,1-3H3,(H,24,29)(H,25,27)(H,26,30). The molecule has 3 amide bonds. The van der Waals surface area contributed by atoms with E-state index in [1.165, 1.54) is 31.4 Å². The molecule has 0 saturated heterocycles. The van der Waals surface area contributed by atoms with Crippen LogP contribution in [0.15, 0.2) is 42.5 Å². The van der Waals surface area contributed by atoms with Crippen LogP contribution in [-0.4, -0.2) is 57.2 Å². The number of benzene rings is 2. The number of nitrogens with one attached hydrogen (secondary N) is 3. The number of esters is 1. The maximum Gasteiger partial charge on any atom is 0.325 e. The van der Waals surface area contributed by atoms with E-state index >= 15 is 0 Å². The Morgan fingerprint density at radius 1 is 0.794 bits per heavy atom. The third-order valence-electron chi connectivity index (χ3n) is 4.23. The zero-order valence-electron chi connectivity index (χ0n) is 19.1. The van der Waals surface area contributed by atoms with Crippen LogP contribution >= 0.6 is 0 Å². The number of hydrogen-bond acceptors (Lipinski definition) is 8. The van der Waals surface area contributed by atoms with Crippen molar-refractivity contribution in [1.82, 2.24) is 16.2 Å². The van der Waals surface area contributed by atoms with Crippen LogP contribution in [0.1, 0.15) is 34.6 Å². The van der Waals surface area contributed by atoms with Gasteiger partial charge in [0, 0.05) is 11.1 Å². The van der Waals surface area contributed by atoms with E-state index in [0.717, 1.165) is 0 Å². The van der Waals surface area contributed by atoms with Crippen molar-refractivity contribution in [2.75, 3.05) is 33.5 Å². The highest BCUT2D eigenvalue weighted by atomic mass is 16.5. The van der Waals surface area contributed by atoms with Crippen molar-refractivity contribution in [3.8, 4) is 17.2 Å². The van der Waals surface area contributed by atoms with Crippen LogP contribution in [0.4, 0.5) is 0 Å². The summed E-state index contributed by atoms with van der Waals surface area (Å²) in [7, 11) is 1.50. The topological polar surface area (TPSA) is 141 Å². The summed E-state index contributed by atoms with van der Waals surface area (Å²) in [6.45, 7) is 3.36. The van der Waals surface area contributed by atoms with E-state index in [1.54, 1.807) is 25.1 Å². The molecule has 0 fully saturated rings. The first-order valence-electron chi connectivity index (χ1n) is 10.4. The van der Waals surface area contributed by atoms with Crippen molar-refractivity contribution in [3.05, 3.63) is 53.6 Å². The molecule has 11 heteroatoms. The molecule has 0 unspecified atom stereocenters. The third-order valence-corrected chi connectivity index (χ3v) is 4.23. The third kappa shape index (κ3) is 8.01. The molecule has 0 atom stereocenters. The van der Waals surface area contributed by atoms with Crippen LogP contribution < -0.4 is 30.4 Å². The number of carbonyl (C=O) groups is 4. The number of hydrogen-bond donors (Lipinski definition) is 3. The number of carbonyl (C=O) groups excluding carboxylic acids is 4. The van der Waals surface area contributed by atoms with Crippen LogP contribution in [0, 0.1) is 0 Å². The Hall–Kier alpha value is -4.28. The second kappa shape index (κ2) is 13.3. The molecule has 2 aromatic carbocycles. The zero-order chi connectivity index (χ0) is 24.9. The maximum atomic E-state index is 12.3. The second-order valence-electron chi connectivity index (χ2n) is 6.60. The molecule has 0 aromatic heterocycles. The second-order valence-corrected chi connectivity index (χ2v) is 6.60. The highest BCUT2D eigenvalue weighted by Crippen LogP contribution is 2.28. The molecule has 3 N–H and O–H groups in total. The quantitative estimate of drug-likeness (QED) is 0.327. The normalized spacial score (nSPS) is 9.97. The molecule has 2 rings (SSSR count). The maximum absolute atomic E-state index is 12.3. The first kappa shape index (κ1) is 26.0. The Kier molecular flexibility index (Phi) is 10.2. The Morgan fingerprint density at radius 2 is 1.44 bits per heavy atom. The van der Waals surface area contributed by atoms with Crippen molar-refractivity contribution < 1.29 is 38.1 Å². The number of ether oxygens (including phenoxy) is 4. The summed E-state index contributed by atoms with van der Waals surface area (Å²) in [5, 5.41) is 2.40. The van der Waals surface area contributed by atoms with Crippen molar-refractivity contribution in [1.29, 1.82) is 0 Å². The number of rotatable bonds is 11. The Bertz CT molecular complexity index is 1010. The molecule has 0 heterocycles. The number of hydrazine groups is 1. The van der Waals surface area contributed by atoms with Crippen molar-refractivity contribution >= 4 is 23.7 Å². The molecular weight excluding hydrogens is 446 g/mol. The minimum atomic E-state index is -0.832. The Balaban J connectivity index is 1.75. The van der Waals surface area contributed by atoms with Crippen LogP contribution in [0.2, 0.25) is 0 Å². The average molecular weight is 473 g/mol. The van der Waals surface area contributed by atoms with Gasteiger partial charge in [0.1, 0.15) is 12.3 Å². The van der Waals surface area contributed by atoms with Gasteiger partial charge in [-0.3, -0.25) is 30.0 Å². The molecule has 0 aliphatic heterocycles. The van der Waals surface area contributed by atoms with Crippen LogP contribution in [0.3, 0.4) is 0 Å². The van der Waals surface area contributed by atoms with E-state index < -0.39 is 36.8 Å². The minimum Gasteiger partial charge on any atom is -0.497 e. The van der Waals surface area contributed by atoms with Crippen LogP contribution in [0.5, 0.6) is 17.2 Å². The lowest BCUT2D eigenvalue weighted by Gasteiger charge is -2.12. The predicted octanol–water partition coefficient (Wildman–Crippen LogP) is 1.23. The van der Waals surface area contributed by atoms with Gasteiger partial charge in [-0.15, -0.1) is 0 Å². The molecule has 0 aliphatic rings. The zero-order valence-corrected chi connectivity index (χ0v) is 19.1. The molecular formula is C23H27N3O8.